The Balaban J connectivity index is 4.21. The Morgan fingerprint density at radius 2 is 1.89 bits per heavy atom. The first-order valence-corrected chi connectivity index (χ1v) is 6.01. The molecule has 0 aromatic carbocycles. The van der Waals surface area contributed by atoms with Crippen LogP contribution in [0.2, 0.25) is 0 Å². The molecule has 5 nitrogen and oxygen atoms in total. The number of nitrogens with one attached hydrogen (secondary N) is 2. The third-order valence-corrected chi connectivity index (χ3v) is 2.71. The van der Waals surface area contributed by atoms with Crippen LogP contribution in [0, 0.1) is 5.92 Å². The molecule has 0 aliphatic heterocycles. The number of aliphatic carboxylic acids is 1. The summed E-state index contributed by atoms with van der Waals surface area (Å²) >= 11 is 0. The first-order chi connectivity index (χ1) is 8.68. The Morgan fingerprint density at radius 1 is 1.32 bits per heavy atom. The minimum absolute atomic E-state index is 0.0171. The lowest BCUT2D eigenvalue weighted by Crippen LogP contribution is -2.52. The first kappa shape index (κ1) is 17.5. The molecule has 112 valence electrons. The molecule has 0 aliphatic rings. The Labute approximate surface area is 109 Å². The highest BCUT2D eigenvalue weighted by atomic mass is 19.4. The lowest BCUT2D eigenvalue weighted by atomic mass is 9.99. The summed E-state index contributed by atoms with van der Waals surface area (Å²) in [5.74, 6) is -1.75. The molecule has 2 unspecified atom stereocenters. The molecule has 2 atom stereocenters. The topological polar surface area (TPSA) is 78.4 Å². The van der Waals surface area contributed by atoms with Crippen LogP contribution in [-0.4, -0.2) is 35.9 Å². The quantitative estimate of drug-likeness (QED) is 0.627. The van der Waals surface area contributed by atoms with E-state index in [4.69, 9.17) is 5.11 Å². The molecule has 0 spiro atoms. The van der Waals surface area contributed by atoms with Gasteiger partial charge in [0, 0.05) is 13.0 Å². The summed E-state index contributed by atoms with van der Waals surface area (Å²) in [7, 11) is 0. The molecule has 0 saturated carbocycles. The van der Waals surface area contributed by atoms with Crippen molar-refractivity contribution in [3.05, 3.63) is 0 Å². The van der Waals surface area contributed by atoms with Gasteiger partial charge in [-0.15, -0.1) is 0 Å². The van der Waals surface area contributed by atoms with E-state index in [1.54, 1.807) is 6.92 Å². The van der Waals surface area contributed by atoms with Gasteiger partial charge in [-0.05, 0) is 12.3 Å². The third-order valence-electron chi connectivity index (χ3n) is 2.71. The zero-order valence-electron chi connectivity index (χ0n) is 10.9. The summed E-state index contributed by atoms with van der Waals surface area (Å²) in [6.45, 7) is 3.03. The molecule has 0 heterocycles. The van der Waals surface area contributed by atoms with Crippen molar-refractivity contribution < 1.29 is 27.9 Å². The molecule has 0 saturated heterocycles. The second-order valence-electron chi connectivity index (χ2n) is 4.30. The van der Waals surface area contributed by atoms with E-state index in [1.807, 2.05) is 5.32 Å². The molecule has 0 fully saturated rings. The molecule has 2 amide bonds. The van der Waals surface area contributed by atoms with Gasteiger partial charge in [0.2, 0.25) is 0 Å². The zero-order chi connectivity index (χ0) is 15.1. The lowest BCUT2D eigenvalue weighted by Gasteiger charge is -2.26. The number of carbonyl (C=O) groups is 2. The van der Waals surface area contributed by atoms with Crippen LogP contribution in [0.4, 0.5) is 18.0 Å². The summed E-state index contributed by atoms with van der Waals surface area (Å²) in [6, 6.07) is -2.84. The van der Waals surface area contributed by atoms with E-state index in [2.05, 4.69) is 5.32 Å². The van der Waals surface area contributed by atoms with Crippen LogP contribution in [-0.2, 0) is 4.79 Å². The number of hydrogen-bond donors (Lipinski definition) is 3. The highest BCUT2D eigenvalue weighted by Gasteiger charge is 2.43. The van der Waals surface area contributed by atoms with Gasteiger partial charge in [0.05, 0.1) is 0 Å². The van der Waals surface area contributed by atoms with E-state index in [-0.39, 0.29) is 25.8 Å². The SMILES string of the molecule is CCC(C)C(NC(=O)NCCCC(=O)O)C(F)(F)F. The van der Waals surface area contributed by atoms with Gasteiger partial charge in [-0.25, -0.2) is 4.79 Å². The Morgan fingerprint density at radius 3 is 2.32 bits per heavy atom. The number of amides is 2. The molecule has 19 heavy (non-hydrogen) atoms. The van der Waals surface area contributed by atoms with Gasteiger partial charge in [-0.2, -0.15) is 13.2 Å². The van der Waals surface area contributed by atoms with Gasteiger partial charge in [0.15, 0.2) is 0 Å². The van der Waals surface area contributed by atoms with Gasteiger partial charge < -0.3 is 15.7 Å². The lowest BCUT2D eigenvalue weighted by molar-refractivity contribution is -0.163. The molecule has 0 aliphatic carbocycles. The van der Waals surface area contributed by atoms with Gasteiger partial charge in [0.1, 0.15) is 6.04 Å². The largest absolute Gasteiger partial charge is 0.481 e. The molecule has 3 N–H and O–H groups in total. The molecular weight excluding hydrogens is 265 g/mol. The fraction of sp³-hybridized carbons (Fsp3) is 0.818. The van der Waals surface area contributed by atoms with E-state index in [0.29, 0.717) is 0 Å². The van der Waals surface area contributed by atoms with Crippen LogP contribution in [0.5, 0.6) is 0 Å². The van der Waals surface area contributed by atoms with Crippen molar-refractivity contribution in [2.45, 2.75) is 45.3 Å². The van der Waals surface area contributed by atoms with Crippen LogP contribution in [0.15, 0.2) is 0 Å². The maximum atomic E-state index is 12.7. The van der Waals surface area contributed by atoms with E-state index in [0.717, 1.165) is 0 Å². The number of rotatable bonds is 7. The Bertz CT molecular complexity index is 308. The van der Waals surface area contributed by atoms with Crippen molar-refractivity contribution in [2.75, 3.05) is 6.54 Å². The van der Waals surface area contributed by atoms with Gasteiger partial charge in [-0.1, -0.05) is 20.3 Å². The van der Waals surface area contributed by atoms with Crippen molar-refractivity contribution in [3.63, 3.8) is 0 Å². The summed E-state index contributed by atoms with van der Waals surface area (Å²) in [4.78, 5) is 21.5. The second-order valence-corrected chi connectivity index (χ2v) is 4.30. The molecule has 0 bridgehead atoms. The number of carboxylic acids is 1. The summed E-state index contributed by atoms with van der Waals surface area (Å²) in [6.07, 6.45) is -4.20. The van der Waals surface area contributed by atoms with Crippen LogP contribution < -0.4 is 10.6 Å². The van der Waals surface area contributed by atoms with Crippen molar-refractivity contribution >= 4 is 12.0 Å². The number of carboxylic acid groups (broad SMARTS) is 1. The average molecular weight is 284 g/mol. The third kappa shape index (κ3) is 7.53. The zero-order valence-corrected chi connectivity index (χ0v) is 10.9. The molecule has 0 aromatic rings. The van der Waals surface area contributed by atoms with Crippen molar-refractivity contribution in [3.8, 4) is 0 Å². The second kappa shape index (κ2) is 7.85. The summed E-state index contributed by atoms with van der Waals surface area (Å²) in [5, 5.41) is 12.4. The smallest absolute Gasteiger partial charge is 0.408 e. The van der Waals surface area contributed by atoms with Gasteiger partial charge in [0.25, 0.3) is 0 Å². The van der Waals surface area contributed by atoms with E-state index < -0.39 is 30.1 Å². The van der Waals surface area contributed by atoms with E-state index in [9.17, 15) is 22.8 Å². The Hall–Kier alpha value is -1.47. The highest BCUT2D eigenvalue weighted by molar-refractivity contribution is 5.74. The van der Waals surface area contributed by atoms with Crippen LogP contribution in [0.25, 0.3) is 0 Å². The predicted molar refractivity (Wildman–Crippen MR) is 62.7 cm³/mol. The van der Waals surface area contributed by atoms with Crippen LogP contribution >= 0.6 is 0 Å². The van der Waals surface area contributed by atoms with Gasteiger partial charge in [-0.3, -0.25) is 4.79 Å². The molecular formula is C11H19F3N2O3. The number of hydrogen-bond acceptors (Lipinski definition) is 2. The Kier molecular flexibility index (Phi) is 7.25. The standard InChI is InChI=1S/C11H19F3N2O3/c1-3-7(2)9(11(12,13)14)16-10(19)15-6-4-5-8(17)18/h7,9H,3-6H2,1-2H3,(H,17,18)(H2,15,16,19). The average Bonchev–Trinajstić information content (AvgIpc) is 2.29. The minimum Gasteiger partial charge on any atom is -0.481 e. The first-order valence-electron chi connectivity index (χ1n) is 6.01. The van der Waals surface area contributed by atoms with Crippen molar-refractivity contribution in [1.82, 2.24) is 10.6 Å². The molecule has 8 heteroatoms. The molecule has 0 radical (unpaired) electrons. The normalized spacial score (nSPS) is 14.6. The number of carbonyl (C=O) groups excluding carboxylic acids is 1. The maximum absolute atomic E-state index is 12.7. The monoisotopic (exact) mass is 284 g/mol. The maximum Gasteiger partial charge on any atom is 0.408 e. The summed E-state index contributed by atoms with van der Waals surface area (Å²) < 4.78 is 38.1. The van der Waals surface area contributed by atoms with E-state index in [1.165, 1.54) is 6.92 Å². The number of alkyl halides is 3. The van der Waals surface area contributed by atoms with Crippen molar-refractivity contribution in [2.24, 2.45) is 5.92 Å². The van der Waals surface area contributed by atoms with Crippen LogP contribution in [0.3, 0.4) is 0 Å². The summed E-state index contributed by atoms with van der Waals surface area (Å²) in [5.41, 5.74) is 0. The predicted octanol–water partition coefficient (Wildman–Crippen LogP) is 2.13. The fourth-order valence-corrected chi connectivity index (χ4v) is 1.42. The number of halogens is 3. The minimum atomic E-state index is -4.51. The fourth-order valence-electron chi connectivity index (χ4n) is 1.42. The molecule has 0 rings (SSSR count). The van der Waals surface area contributed by atoms with Crippen molar-refractivity contribution in [1.29, 1.82) is 0 Å². The van der Waals surface area contributed by atoms with E-state index >= 15 is 0 Å². The number of urea groups is 1. The van der Waals surface area contributed by atoms with Gasteiger partial charge >= 0.3 is 18.2 Å². The van der Waals surface area contributed by atoms with Crippen LogP contribution in [0.1, 0.15) is 33.1 Å². The molecule has 0 aromatic heterocycles. The highest BCUT2D eigenvalue weighted by Crippen LogP contribution is 2.27.